The van der Waals surface area contributed by atoms with Gasteiger partial charge >= 0.3 is 11.2 Å². The first-order valence-electron chi connectivity index (χ1n) is 7.13. The van der Waals surface area contributed by atoms with E-state index in [0.29, 0.717) is 11.4 Å². The fourth-order valence-electron chi connectivity index (χ4n) is 2.42. The van der Waals surface area contributed by atoms with E-state index in [2.05, 4.69) is 4.98 Å². The van der Waals surface area contributed by atoms with Gasteiger partial charge in [0.2, 0.25) is 0 Å². The monoisotopic (exact) mass is 326 g/mol. The third-order valence-electron chi connectivity index (χ3n) is 3.55. The fourth-order valence-corrected chi connectivity index (χ4v) is 2.42. The van der Waals surface area contributed by atoms with Gasteiger partial charge < -0.3 is 4.74 Å². The third-order valence-corrected chi connectivity index (χ3v) is 3.55. The largest absolute Gasteiger partial charge is 0.485 e. The maximum Gasteiger partial charge on any atom is 0.360 e. The molecule has 2 heterocycles. The summed E-state index contributed by atoms with van der Waals surface area (Å²) in [5, 5.41) is 11.4. The van der Waals surface area contributed by atoms with Crippen molar-refractivity contribution >= 4 is 5.69 Å². The SMILES string of the molecule is Cn1c(COc2cccnc2)c([N+](=O)[O-])c(=O)n1-c1ccccc1. The van der Waals surface area contributed by atoms with E-state index in [1.165, 1.54) is 15.6 Å². The van der Waals surface area contributed by atoms with Crippen LogP contribution in [-0.4, -0.2) is 19.3 Å². The number of rotatable bonds is 5. The lowest BCUT2D eigenvalue weighted by molar-refractivity contribution is -0.387. The standard InChI is InChI=1S/C16H14N4O4/c1-18-14(11-24-13-8-5-9-17-10-13)15(20(22)23)16(21)19(18)12-6-3-2-4-7-12/h2-10H,11H2,1H3. The second-order valence-corrected chi connectivity index (χ2v) is 5.01. The highest BCUT2D eigenvalue weighted by Gasteiger charge is 2.28. The Labute approximate surface area is 136 Å². The molecule has 0 radical (unpaired) electrons. The fraction of sp³-hybridized carbons (Fsp3) is 0.125. The van der Waals surface area contributed by atoms with E-state index in [4.69, 9.17) is 4.74 Å². The normalized spacial score (nSPS) is 10.5. The van der Waals surface area contributed by atoms with Crippen LogP contribution >= 0.6 is 0 Å². The van der Waals surface area contributed by atoms with Crippen LogP contribution in [0.1, 0.15) is 5.69 Å². The van der Waals surface area contributed by atoms with Gasteiger partial charge in [-0.3, -0.25) is 24.6 Å². The molecule has 3 rings (SSSR count). The maximum absolute atomic E-state index is 12.5. The van der Waals surface area contributed by atoms with E-state index in [1.807, 2.05) is 0 Å². The molecule has 8 nitrogen and oxygen atoms in total. The molecule has 0 aliphatic carbocycles. The van der Waals surface area contributed by atoms with Gasteiger partial charge in [0.05, 0.1) is 16.8 Å². The van der Waals surface area contributed by atoms with Crippen molar-refractivity contribution in [1.29, 1.82) is 0 Å². The zero-order valence-corrected chi connectivity index (χ0v) is 12.8. The summed E-state index contributed by atoms with van der Waals surface area (Å²) in [4.78, 5) is 27.1. The Morgan fingerprint density at radius 3 is 2.58 bits per heavy atom. The molecule has 0 aliphatic rings. The average molecular weight is 326 g/mol. The van der Waals surface area contributed by atoms with Crippen LogP contribution in [0.25, 0.3) is 5.69 Å². The number of benzene rings is 1. The highest BCUT2D eigenvalue weighted by atomic mass is 16.6. The van der Waals surface area contributed by atoms with Crippen molar-refractivity contribution in [3.8, 4) is 11.4 Å². The number of aromatic nitrogens is 3. The van der Waals surface area contributed by atoms with E-state index < -0.39 is 16.2 Å². The van der Waals surface area contributed by atoms with E-state index in [9.17, 15) is 14.9 Å². The van der Waals surface area contributed by atoms with Crippen molar-refractivity contribution in [1.82, 2.24) is 14.3 Å². The van der Waals surface area contributed by atoms with E-state index in [-0.39, 0.29) is 12.3 Å². The van der Waals surface area contributed by atoms with Crippen LogP contribution in [0.2, 0.25) is 0 Å². The van der Waals surface area contributed by atoms with Gasteiger partial charge in [-0.1, -0.05) is 18.2 Å². The zero-order chi connectivity index (χ0) is 17.1. The second kappa shape index (κ2) is 6.37. The topological polar surface area (TPSA) is 92.2 Å². The maximum atomic E-state index is 12.5. The van der Waals surface area contributed by atoms with Crippen LogP contribution in [0.5, 0.6) is 5.75 Å². The molecule has 24 heavy (non-hydrogen) atoms. The van der Waals surface area contributed by atoms with Crippen molar-refractivity contribution in [2.75, 3.05) is 0 Å². The Hall–Kier alpha value is -3.42. The summed E-state index contributed by atoms with van der Waals surface area (Å²) in [6, 6.07) is 12.1. The van der Waals surface area contributed by atoms with Crippen LogP contribution in [0.3, 0.4) is 0 Å². The number of hydrogen-bond acceptors (Lipinski definition) is 5. The number of nitrogens with zero attached hydrogens (tertiary/aromatic N) is 4. The smallest absolute Gasteiger partial charge is 0.360 e. The second-order valence-electron chi connectivity index (χ2n) is 5.01. The predicted octanol–water partition coefficient (Wildman–Crippen LogP) is 2.06. The van der Waals surface area contributed by atoms with Crippen LogP contribution in [0.4, 0.5) is 5.69 Å². The molecule has 0 saturated heterocycles. The summed E-state index contributed by atoms with van der Waals surface area (Å²) in [6.45, 7) is -0.117. The molecule has 1 aromatic carbocycles. The molecule has 8 heteroatoms. The van der Waals surface area contributed by atoms with Crippen molar-refractivity contribution < 1.29 is 9.66 Å². The van der Waals surface area contributed by atoms with E-state index >= 15 is 0 Å². The van der Waals surface area contributed by atoms with Gasteiger partial charge in [-0.2, -0.15) is 0 Å². The Morgan fingerprint density at radius 1 is 1.21 bits per heavy atom. The Bertz CT molecular complexity index is 917. The van der Waals surface area contributed by atoms with Crippen LogP contribution in [0.15, 0.2) is 59.7 Å². The quantitative estimate of drug-likeness (QED) is 0.528. The lowest BCUT2D eigenvalue weighted by Gasteiger charge is -2.09. The summed E-state index contributed by atoms with van der Waals surface area (Å²) >= 11 is 0. The van der Waals surface area contributed by atoms with Gasteiger partial charge in [0.1, 0.15) is 12.4 Å². The zero-order valence-electron chi connectivity index (χ0n) is 12.8. The number of pyridine rings is 1. The average Bonchev–Trinajstić information content (AvgIpc) is 2.85. The van der Waals surface area contributed by atoms with Crippen molar-refractivity contribution in [3.05, 3.63) is 81.0 Å². The van der Waals surface area contributed by atoms with Crippen LogP contribution < -0.4 is 10.3 Å². The number of ether oxygens (including phenoxy) is 1. The summed E-state index contributed by atoms with van der Waals surface area (Å²) in [5.41, 5.74) is -0.470. The molecule has 0 spiro atoms. The highest BCUT2D eigenvalue weighted by molar-refractivity contribution is 5.40. The van der Waals surface area contributed by atoms with Crippen molar-refractivity contribution in [2.45, 2.75) is 6.61 Å². The first-order valence-corrected chi connectivity index (χ1v) is 7.13. The van der Waals surface area contributed by atoms with Gasteiger partial charge in [-0.25, -0.2) is 4.68 Å². The third kappa shape index (κ3) is 2.76. The first kappa shape index (κ1) is 15.5. The molecule has 0 aliphatic heterocycles. The molecule has 0 fully saturated rings. The molecule has 0 atom stereocenters. The van der Waals surface area contributed by atoms with Gasteiger partial charge in [-0.05, 0) is 24.3 Å². The predicted molar refractivity (Wildman–Crippen MR) is 86.2 cm³/mol. The molecule has 3 aromatic rings. The van der Waals surface area contributed by atoms with Gasteiger partial charge in [0, 0.05) is 13.2 Å². The lowest BCUT2D eigenvalue weighted by Crippen LogP contribution is -2.20. The number of para-hydroxylation sites is 1. The molecule has 122 valence electrons. The Kier molecular flexibility index (Phi) is 4.11. The first-order chi connectivity index (χ1) is 11.6. The van der Waals surface area contributed by atoms with Crippen molar-refractivity contribution in [3.63, 3.8) is 0 Å². The summed E-state index contributed by atoms with van der Waals surface area (Å²) < 4.78 is 8.21. The number of nitro groups is 1. The van der Waals surface area contributed by atoms with Gasteiger partial charge in [0.15, 0.2) is 5.69 Å². The number of hydrogen-bond donors (Lipinski definition) is 0. The summed E-state index contributed by atoms with van der Waals surface area (Å²) in [7, 11) is 1.59. The van der Waals surface area contributed by atoms with Crippen molar-refractivity contribution in [2.24, 2.45) is 7.05 Å². The minimum atomic E-state index is -0.696. The minimum absolute atomic E-state index is 0.117. The molecular weight excluding hydrogens is 312 g/mol. The molecule has 0 bridgehead atoms. The highest BCUT2D eigenvalue weighted by Crippen LogP contribution is 2.19. The molecule has 0 unspecified atom stereocenters. The molecule has 0 saturated carbocycles. The molecule has 0 N–H and O–H groups in total. The molecule has 2 aromatic heterocycles. The van der Waals surface area contributed by atoms with Gasteiger partial charge in [-0.15, -0.1) is 0 Å². The van der Waals surface area contributed by atoms with E-state index in [1.54, 1.807) is 55.7 Å². The Morgan fingerprint density at radius 2 is 1.96 bits per heavy atom. The summed E-state index contributed by atoms with van der Waals surface area (Å²) in [5.74, 6) is 0.465. The minimum Gasteiger partial charge on any atom is -0.485 e. The van der Waals surface area contributed by atoms with Gasteiger partial charge in [0.25, 0.3) is 0 Å². The van der Waals surface area contributed by atoms with Crippen LogP contribution in [0, 0.1) is 10.1 Å². The molecule has 0 amide bonds. The summed E-state index contributed by atoms with van der Waals surface area (Å²) in [6.07, 6.45) is 3.09. The van der Waals surface area contributed by atoms with E-state index in [0.717, 1.165) is 0 Å². The Balaban J connectivity index is 2.05. The van der Waals surface area contributed by atoms with Crippen LogP contribution in [-0.2, 0) is 13.7 Å². The lowest BCUT2D eigenvalue weighted by atomic mass is 10.3. The molecular formula is C16H14N4O4.